The highest BCUT2D eigenvalue weighted by Gasteiger charge is 2.09. The van der Waals surface area contributed by atoms with Crippen LogP contribution in [0.4, 0.5) is 0 Å². The number of benzene rings is 1. The van der Waals surface area contributed by atoms with Gasteiger partial charge in [0, 0.05) is 26.4 Å². The normalized spacial score (nSPS) is 11.3. The Labute approximate surface area is 169 Å². The van der Waals surface area contributed by atoms with Crippen LogP contribution >= 0.6 is 11.6 Å². The summed E-state index contributed by atoms with van der Waals surface area (Å²) in [6.07, 6.45) is 3.41. The molecule has 0 spiro atoms. The first-order valence-electron chi connectivity index (χ1n) is 8.91. The van der Waals surface area contributed by atoms with Gasteiger partial charge in [-0.1, -0.05) is 41.9 Å². The molecule has 2 N–H and O–H groups in total. The van der Waals surface area contributed by atoms with E-state index in [1.165, 1.54) is 0 Å². The third-order valence-corrected chi connectivity index (χ3v) is 4.23. The van der Waals surface area contributed by atoms with Gasteiger partial charge in [-0.2, -0.15) is 0 Å². The van der Waals surface area contributed by atoms with Gasteiger partial charge in [-0.3, -0.25) is 4.99 Å². The van der Waals surface area contributed by atoms with Gasteiger partial charge in [0.15, 0.2) is 5.96 Å². The van der Waals surface area contributed by atoms with E-state index in [1.54, 1.807) is 25.4 Å². The second kappa shape index (κ2) is 9.75. The molecule has 3 aromatic rings. The molecule has 1 aromatic carbocycles. The number of rotatable bonds is 7. The lowest BCUT2D eigenvalue weighted by molar-refractivity contribution is 0.307. The van der Waals surface area contributed by atoms with Gasteiger partial charge in [-0.25, -0.2) is 9.97 Å². The predicted molar refractivity (Wildman–Crippen MR) is 112 cm³/mol. The van der Waals surface area contributed by atoms with Gasteiger partial charge in [0.25, 0.3) is 0 Å². The van der Waals surface area contributed by atoms with Crippen molar-refractivity contribution in [1.82, 2.24) is 25.2 Å². The van der Waals surface area contributed by atoms with Gasteiger partial charge in [0.1, 0.15) is 12.4 Å². The Morgan fingerprint density at radius 1 is 1.18 bits per heavy atom. The highest BCUT2D eigenvalue weighted by Crippen LogP contribution is 2.16. The zero-order valence-electron chi connectivity index (χ0n) is 15.9. The molecule has 2 heterocycles. The van der Waals surface area contributed by atoms with E-state index in [-0.39, 0.29) is 0 Å². The second-order valence-corrected chi connectivity index (χ2v) is 6.54. The van der Waals surface area contributed by atoms with Crippen molar-refractivity contribution in [2.75, 3.05) is 27.2 Å². The maximum Gasteiger partial charge on any atom is 0.213 e. The minimum atomic E-state index is 0.459. The molecule has 0 aliphatic carbocycles. The van der Waals surface area contributed by atoms with E-state index in [0.717, 1.165) is 23.0 Å². The number of H-pyrrole nitrogens is 1. The van der Waals surface area contributed by atoms with Crippen LogP contribution in [0.15, 0.2) is 59.9 Å². The van der Waals surface area contributed by atoms with E-state index in [1.807, 2.05) is 36.3 Å². The summed E-state index contributed by atoms with van der Waals surface area (Å²) in [4.78, 5) is 18.2. The van der Waals surface area contributed by atoms with E-state index in [4.69, 9.17) is 16.3 Å². The third kappa shape index (κ3) is 5.47. The number of halogens is 1. The van der Waals surface area contributed by atoms with E-state index >= 15 is 0 Å². The average molecular weight is 399 g/mol. The topological polar surface area (TPSA) is 78.4 Å². The van der Waals surface area contributed by atoms with Gasteiger partial charge in [-0.05, 0) is 11.6 Å². The first-order valence-corrected chi connectivity index (χ1v) is 9.29. The van der Waals surface area contributed by atoms with Gasteiger partial charge < -0.3 is 19.9 Å². The average Bonchev–Trinajstić information content (AvgIpc) is 3.18. The summed E-state index contributed by atoms with van der Waals surface area (Å²) in [6, 6.07) is 13.6. The quantitative estimate of drug-likeness (QED) is 0.363. The Morgan fingerprint density at radius 3 is 2.71 bits per heavy atom. The first-order chi connectivity index (χ1) is 13.7. The molecule has 8 heteroatoms. The second-order valence-electron chi connectivity index (χ2n) is 6.10. The molecule has 0 bridgehead atoms. The maximum absolute atomic E-state index is 5.81. The zero-order valence-corrected chi connectivity index (χ0v) is 16.6. The molecular formula is C20H23ClN6O. The van der Waals surface area contributed by atoms with Gasteiger partial charge in [-0.15, -0.1) is 0 Å². The summed E-state index contributed by atoms with van der Waals surface area (Å²) < 4.78 is 5.58. The molecular weight excluding hydrogens is 376 g/mol. The Balaban J connectivity index is 1.48. The van der Waals surface area contributed by atoms with Crippen molar-refractivity contribution in [2.24, 2.45) is 4.99 Å². The van der Waals surface area contributed by atoms with Crippen LogP contribution in [0.2, 0.25) is 5.02 Å². The minimum absolute atomic E-state index is 0.459. The Hall–Kier alpha value is -3.06. The van der Waals surface area contributed by atoms with Crippen molar-refractivity contribution >= 4 is 17.6 Å². The van der Waals surface area contributed by atoms with Crippen molar-refractivity contribution in [3.8, 4) is 17.1 Å². The monoisotopic (exact) mass is 398 g/mol. The fourth-order valence-corrected chi connectivity index (χ4v) is 2.77. The number of hydrogen-bond donors (Lipinski definition) is 2. The Morgan fingerprint density at radius 2 is 2.00 bits per heavy atom. The summed E-state index contributed by atoms with van der Waals surface area (Å²) in [6.45, 7) is 1.65. The highest BCUT2D eigenvalue weighted by molar-refractivity contribution is 6.30. The molecule has 28 heavy (non-hydrogen) atoms. The summed E-state index contributed by atoms with van der Waals surface area (Å²) >= 11 is 5.81. The summed E-state index contributed by atoms with van der Waals surface area (Å²) in [5.74, 6) is 2.16. The van der Waals surface area contributed by atoms with E-state index in [9.17, 15) is 0 Å². The van der Waals surface area contributed by atoms with E-state index in [2.05, 4.69) is 37.4 Å². The number of aliphatic imine (C=N–C) groups is 1. The molecule has 2 aromatic heterocycles. The molecule has 3 rings (SSSR count). The smallest absolute Gasteiger partial charge is 0.213 e. The summed E-state index contributed by atoms with van der Waals surface area (Å²) in [7, 11) is 3.71. The van der Waals surface area contributed by atoms with E-state index < -0.39 is 0 Å². The summed E-state index contributed by atoms with van der Waals surface area (Å²) in [5, 5.41) is 3.85. The SMILES string of the molecule is CN=C(NCCOc1ccc(Cl)cn1)N(C)Cc1ncc(-c2ccccc2)[nH]1. The van der Waals surface area contributed by atoms with Crippen molar-refractivity contribution in [3.05, 3.63) is 65.7 Å². The molecule has 0 amide bonds. The number of aromatic amines is 1. The molecule has 0 fully saturated rings. The highest BCUT2D eigenvalue weighted by atomic mass is 35.5. The number of ether oxygens (including phenoxy) is 1. The number of imidazole rings is 1. The molecule has 0 aliphatic heterocycles. The van der Waals surface area contributed by atoms with Crippen LogP contribution in [0.5, 0.6) is 5.88 Å². The van der Waals surface area contributed by atoms with Crippen molar-refractivity contribution in [1.29, 1.82) is 0 Å². The molecule has 0 radical (unpaired) electrons. The summed E-state index contributed by atoms with van der Waals surface area (Å²) in [5.41, 5.74) is 2.11. The first kappa shape index (κ1) is 19.7. The molecule has 0 saturated carbocycles. The number of nitrogens with zero attached hydrogens (tertiary/aromatic N) is 4. The molecule has 0 saturated heterocycles. The molecule has 0 aliphatic rings. The fourth-order valence-electron chi connectivity index (χ4n) is 2.66. The lowest BCUT2D eigenvalue weighted by Gasteiger charge is -2.21. The molecule has 0 atom stereocenters. The number of guanidine groups is 1. The standard InChI is InChI=1S/C20H23ClN6O/c1-22-20(23-10-11-28-19-9-8-16(21)12-25-19)27(2)14-18-24-13-17(26-18)15-6-4-3-5-7-15/h3-9,12-13H,10-11,14H2,1-2H3,(H,22,23)(H,24,26). The lowest BCUT2D eigenvalue weighted by Crippen LogP contribution is -2.40. The van der Waals surface area contributed by atoms with Crippen LogP contribution in [0, 0.1) is 0 Å². The molecule has 0 unspecified atom stereocenters. The molecule has 146 valence electrons. The van der Waals surface area contributed by atoms with Crippen molar-refractivity contribution < 1.29 is 4.74 Å². The molecule has 7 nitrogen and oxygen atoms in total. The van der Waals surface area contributed by atoms with E-state index in [0.29, 0.717) is 30.6 Å². The maximum atomic E-state index is 5.81. The fraction of sp³-hybridized carbons (Fsp3) is 0.250. The zero-order chi connectivity index (χ0) is 19.8. The van der Waals surface area contributed by atoms with Crippen LogP contribution in [0.25, 0.3) is 11.3 Å². The van der Waals surface area contributed by atoms with Crippen LogP contribution in [0.1, 0.15) is 5.82 Å². The Bertz CT molecular complexity index is 895. The number of pyridine rings is 1. The lowest BCUT2D eigenvalue weighted by atomic mass is 10.2. The van der Waals surface area contributed by atoms with Gasteiger partial charge in [0.2, 0.25) is 5.88 Å². The third-order valence-electron chi connectivity index (χ3n) is 4.01. The van der Waals surface area contributed by atoms with Crippen LogP contribution in [0.3, 0.4) is 0 Å². The number of hydrogen-bond acceptors (Lipinski definition) is 4. The van der Waals surface area contributed by atoms with Crippen LogP contribution < -0.4 is 10.1 Å². The Kier molecular flexibility index (Phi) is 6.86. The van der Waals surface area contributed by atoms with Crippen LogP contribution in [-0.4, -0.2) is 53.1 Å². The number of nitrogens with one attached hydrogen (secondary N) is 2. The van der Waals surface area contributed by atoms with Gasteiger partial charge >= 0.3 is 0 Å². The van der Waals surface area contributed by atoms with Crippen molar-refractivity contribution in [2.45, 2.75) is 6.54 Å². The predicted octanol–water partition coefficient (Wildman–Crippen LogP) is 3.21. The number of aromatic nitrogens is 3. The van der Waals surface area contributed by atoms with Crippen molar-refractivity contribution in [3.63, 3.8) is 0 Å². The van der Waals surface area contributed by atoms with Crippen LogP contribution in [-0.2, 0) is 6.54 Å². The largest absolute Gasteiger partial charge is 0.476 e. The minimum Gasteiger partial charge on any atom is -0.476 e. The van der Waals surface area contributed by atoms with Gasteiger partial charge in [0.05, 0.1) is 30.0 Å².